The highest BCUT2D eigenvalue weighted by atomic mass is 16.6. The number of nitrogens with zero attached hydrogens (tertiary/aromatic N) is 1. The van der Waals surface area contributed by atoms with Gasteiger partial charge in [0.05, 0.1) is 14.2 Å². The van der Waals surface area contributed by atoms with Crippen LogP contribution in [0.1, 0.15) is 46.6 Å². The van der Waals surface area contributed by atoms with Crippen LogP contribution < -0.4 is 14.8 Å². The average molecular weight is 381 g/mol. The van der Waals surface area contributed by atoms with Gasteiger partial charge < -0.3 is 19.5 Å². The molecule has 0 spiro atoms. The molecule has 1 amide bonds. The SMILES string of the molecule is COc1ccc(CN(CCCNC(=O)OC(C)(C)C)CC(C)C)c(OC)c1. The molecule has 0 aliphatic rings. The second-order valence-electron chi connectivity index (χ2n) is 8.09. The van der Waals surface area contributed by atoms with Gasteiger partial charge in [-0.1, -0.05) is 19.9 Å². The van der Waals surface area contributed by atoms with E-state index in [2.05, 4.69) is 24.1 Å². The van der Waals surface area contributed by atoms with Gasteiger partial charge in [0.2, 0.25) is 0 Å². The van der Waals surface area contributed by atoms with Crippen LogP contribution in [0.15, 0.2) is 18.2 Å². The van der Waals surface area contributed by atoms with Crippen LogP contribution in [0.3, 0.4) is 0 Å². The van der Waals surface area contributed by atoms with E-state index in [0.29, 0.717) is 12.5 Å². The zero-order valence-electron chi connectivity index (χ0n) is 17.9. The van der Waals surface area contributed by atoms with E-state index in [1.807, 2.05) is 39.0 Å². The third kappa shape index (κ3) is 9.52. The Balaban J connectivity index is 2.60. The van der Waals surface area contributed by atoms with Crippen molar-refractivity contribution in [3.05, 3.63) is 23.8 Å². The lowest BCUT2D eigenvalue weighted by Gasteiger charge is -2.25. The third-order valence-corrected chi connectivity index (χ3v) is 3.83. The minimum atomic E-state index is -0.474. The number of hydrogen-bond donors (Lipinski definition) is 1. The summed E-state index contributed by atoms with van der Waals surface area (Å²) in [5.41, 5.74) is 0.651. The van der Waals surface area contributed by atoms with Crippen LogP contribution in [-0.2, 0) is 11.3 Å². The minimum absolute atomic E-state index is 0.366. The molecule has 154 valence electrons. The van der Waals surface area contributed by atoms with Crippen molar-refractivity contribution < 1.29 is 19.0 Å². The Labute approximate surface area is 164 Å². The first-order valence-corrected chi connectivity index (χ1v) is 9.54. The van der Waals surface area contributed by atoms with Crippen molar-refractivity contribution in [2.45, 2.75) is 53.2 Å². The van der Waals surface area contributed by atoms with E-state index in [1.165, 1.54) is 0 Å². The molecule has 0 aliphatic carbocycles. The average Bonchev–Trinajstić information content (AvgIpc) is 2.56. The van der Waals surface area contributed by atoms with Crippen molar-refractivity contribution >= 4 is 6.09 Å². The number of carbonyl (C=O) groups is 1. The largest absolute Gasteiger partial charge is 0.497 e. The third-order valence-electron chi connectivity index (χ3n) is 3.83. The second-order valence-corrected chi connectivity index (χ2v) is 8.09. The van der Waals surface area contributed by atoms with E-state index in [1.54, 1.807) is 14.2 Å². The first kappa shape index (κ1) is 23.1. The van der Waals surface area contributed by atoms with Crippen molar-refractivity contribution in [3.63, 3.8) is 0 Å². The molecule has 1 aromatic rings. The fourth-order valence-electron chi connectivity index (χ4n) is 2.78. The fourth-order valence-corrected chi connectivity index (χ4v) is 2.78. The molecule has 6 heteroatoms. The molecule has 0 heterocycles. The van der Waals surface area contributed by atoms with Crippen LogP contribution in [0.25, 0.3) is 0 Å². The quantitative estimate of drug-likeness (QED) is 0.620. The van der Waals surface area contributed by atoms with Crippen molar-refractivity contribution in [1.29, 1.82) is 0 Å². The van der Waals surface area contributed by atoms with Crippen LogP contribution in [0.2, 0.25) is 0 Å². The number of carbonyl (C=O) groups excluding carboxylic acids is 1. The predicted molar refractivity (Wildman–Crippen MR) is 109 cm³/mol. The van der Waals surface area contributed by atoms with E-state index in [-0.39, 0.29) is 6.09 Å². The Kier molecular flexibility index (Phi) is 9.43. The number of alkyl carbamates (subject to hydrolysis) is 1. The monoisotopic (exact) mass is 380 g/mol. The van der Waals surface area contributed by atoms with E-state index >= 15 is 0 Å². The van der Waals surface area contributed by atoms with Gasteiger partial charge in [0.1, 0.15) is 17.1 Å². The summed E-state index contributed by atoms with van der Waals surface area (Å²) in [6.45, 7) is 13.2. The van der Waals surface area contributed by atoms with E-state index in [0.717, 1.165) is 43.1 Å². The van der Waals surface area contributed by atoms with E-state index < -0.39 is 5.60 Å². The molecule has 6 nitrogen and oxygen atoms in total. The summed E-state index contributed by atoms with van der Waals surface area (Å²) in [5.74, 6) is 2.16. The lowest BCUT2D eigenvalue weighted by Crippen LogP contribution is -2.35. The molecular weight excluding hydrogens is 344 g/mol. The first-order chi connectivity index (χ1) is 12.6. The number of amides is 1. The van der Waals surface area contributed by atoms with Gasteiger partial charge in [-0.25, -0.2) is 4.79 Å². The van der Waals surface area contributed by atoms with Gasteiger partial charge in [-0.15, -0.1) is 0 Å². The van der Waals surface area contributed by atoms with E-state index in [9.17, 15) is 4.79 Å². The summed E-state index contributed by atoms with van der Waals surface area (Å²) in [5, 5.41) is 2.82. The molecule has 0 fully saturated rings. The van der Waals surface area contributed by atoms with Crippen molar-refractivity contribution in [1.82, 2.24) is 10.2 Å². The fraction of sp³-hybridized carbons (Fsp3) is 0.667. The molecule has 0 atom stereocenters. The molecule has 0 aromatic heterocycles. The standard InChI is InChI=1S/C21H36N2O4/c1-16(2)14-23(12-8-11-22-20(24)27-21(3,4)5)15-17-9-10-18(25-6)13-19(17)26-7/h9-10,13,16H,8,11-12,14-15H2,1-7H3,(H,22,24). The molecule has 0 saturated heterocycles. The van der Waals surface area contributed by atoms with Gasteiger partial charge >= 0.3 is 6.09 Å². The maximum atomic E-state index is 11.7. The number of benzene rings is 1. The Morgan fingerprint density at radius 1 is 1.19 bits per heavy atom. The highest BCUT2D eigenvalue weighted by Gasteiger charge is 2.16. The highest BCUT2D eigenvalue weighted by molar-refractivity contribution is 5.67. The topological polar surface area (TPSA) is 60.0 Å². The second kappa shape index (κ2) is 11.0. The van der Waals surface area contributed by atoms with Crippen LogP contribution >= 0.6 is 0 Å². The molecular formula is C21H36N2O4. The number of methoxy groups -OCH3 is 2. The van der Waals surface area contributed by atoms with Gasteiger partial charge in [-0.05, 0) is 39.2 Å². The summed E-state index contributed by atoms with van der Waals surface area (Å²) in [4.78, 5) is 14.1. The first-order valence-electron chi connectivity index (χ1n) is 9.54. The summed E-state index contributed by atoms with van der Waals surface area (Å²) < 4.78 is 16.1. The molecule has 1 rings (SSSR count). The predicted octanol–water partition coefficient (Wildman–Crippen LogP) is 4.08. The maximum Gasteiger partial charge on any atom is 0.407 e. The summed E-state index contributed by atoms with van der Waals surface area (Å²) in [6.07, 6.45) is 0.486. The van der Waals surface area contributed by atoms with Crippen LogP contribution in [-0.4, -0.2) is 50.4 Å². The molecule has 1 aromatic carbocycles. The molecule has 27 heavy (non-hydrogen) atoms. The van der Waals surface area contributed by atoms with Crippen LogP contribution in [0.4, 0.5) is 4.79 Å². The lowest BCUT2D eigenvalue weighted by atomic mass is 10.1. The Bertz CT molecular complexity index is 582. The lowest BCUT2D eigenvalue weighted by molar-refractivity contribution is 0.0525. The van der Waals surface area contributed by atoms with Gasteiger partial charge in [0, 0.05) is 37.8 Å². The van der Waals surface area contributed by atoms with Crippen molar-refractivity contribution in [3.8, 4) is 11.5 Å². The van der Waals surface area contributed by atoms with Crippen molar-refractivity contribution in [2.75, 3.05) is 33.9 Å². The van der Waals surface area contributed by atoms with Gasteiger partial charge in [-0.3, -0.25) is 4.90 Å². The van der Waals surface area contributed by atoms with Gasteiger partial charge in [0.25, 0.3) is 0 Å². The normalized spacial score (nSPS) is 11.6. The molecule has 0 saturated carbocycles. The van der Waals surface area contributed by atoms with Gasteiger partial charge in [-0.2, -0.15) is 0 Å². The van der Waals surface area contributed by atoms with E-state index in [4.69, 9.17) is 14.2 Å². The molecule has 0 unspecified atom stereocenters. The van der Waals surface area contributed by atoms with Crippen LogP contribution in [0, 0.1) is 5.92 Å². The minimum Gasteiger partial charge on any atom is -0.497 e. The summed E-state index contributed by atoms with van der Waals surface area (Å²) in [7, 11) is 3.33. The summed E-state index contributed by atoms with van der Waals surface area (Å²) in [6, 6.07) is 5.91. The molecule has 0 bridgehead atoms. The smallest absolute Gasteiger partial charge is 0.407 e. The van der Waals surface area contributed by atoms with Gasteiger partial charge in [0.15, 0.2) is 0 Å². The Morgan fingerprint density at radius 3 is 2.44 bits per heavy atom. The summed E-state index contributed by atoms with van der Waals surface area (Å²) >= 11 is 0. The molecule has 0 radical (unpaired) electrons. The van der Waals surface area contributed by atoms with Crippen LogP contribution in [0.5, 0.6) is 11.5 Å². The number of rotatable bonds is 10. The molecule has 0 aliphatic heterocycles. The zero-order valence-corrected chi connectivity index (χ0v) is 17.9. The number of hydrogen-bond acceptors (Lipinski definition) is 5. The zero-order chi connectivity index (χ0) is 20.4. The van der Waals surface area contributed by atoms with Crippen molar-refractivity contribution in [2.24, 2.45) is 5.92 Å². The number of nitrogens with one attached hydrogen (secondary N) is 1. The Hall–Kier alpha value is -1.95. The maximum absolute atomic E-state index is 11.7. The highest BCUT2D eigenvalue weighted by Crippen LogP contribution is 2.26. The Morgan fingerprint density at radius 2 is 1.89 bits per heavy atom. The molecule has 1 N–H and O–H groups in total. The number of ether oxygens (including phenoxy) is 3.